The van der Waals surface area contributed by atoms with Gasteiger partial charge in [-0.1, -0.05) is 26.7 Å². The number of hydrogen-bond donors (Lipinski definition) is 3. The van der Waals surface area contributed by atoms with Crippen molar-refractivity contribution in [2.75, 3.05) is 5.43 Å². The van der Waals surface area contributed by atoms with E-state index in [1.807, 2.05) is 20.8 Å². The van der Waals surface area contributed by atoms with E-state index in [0.29, 0.717) is 17.9 Å². The third-order valence-electron chi connectivity index (χ3n) is 5.02. The van der Waals surface area contributed by atoms with E-state index >= 15 is 0 Å². The lowest BCUT2D eigenvalue weighted by Crippen LogP contribution is -2.67. The Morgan fingerprint density at radius 3 is 2.79 bits per heavy atom. The summed E-state index contributed by atoms with van der Waals surface area (Å²) in [4.78, 5) is 32.4. The number of anilines is 1. The van der Waals surface area contributed by atoms with Gasteiger partial charge in [-0.15, -0.1) is 0 Å². The second-order valence-corrected chi connectivity index (χ2v) is 6.31. The Kier molecular flexibility index (Phi) is 5.71. The molecule has 0 spiro atoms. The number of hydroxylamine groups is 2. The molecule has 24 heavy (non-hydrogen) atoms. The Bertz CT molecular complexity index is 586. The van der Waals surface area contributed by atoms with Crippen LogP contribution in [0, 0.1) is 18.8 Å². The fourth-order valence-corrected chi connectivity index (χ4v) is 3.30. The van der Waals surface area contributed by atoms with Gasteiger partial charge in [-0.25, -0.2) is 15.0 Å². The lowest BCUT2D eigenvalue weighted by Gasteiger charge is -2.49. The number of aromatic nitrogens is 2. The highest BCUT2D eigenvalue weighted by atomic mass is 16.5. The Labute approximate surface area is 141 Å². The van der Waals surface area contributed by atoms with Crippen LogP contribution >= 0.6 is 0 Å². The number of carbonyl (C=O) groups is 2. The van der Waals surface area contributed by atoms with Crippen molar-refractivity contribution in [1.29, 1.82) is 0 Å². The largest absolute Gasteiger partial charge is 0.285 e. The Morgan fingerprint density at radius 1 is 1.58 bits per heavy atom. The summed E-state index contributed by atoms with van der Waals surface area (Å²) in [7, 11) is 0. The van der Waals surface area contributed by atoms with E-state index in [4.69, 9.17) is 0 Å². The van der Waals surface area contributed by atoms with Gasteiger partial charge in [-0.05, 0) is 37.7 Å². The van der Waals surface area contributed by atoms with Crippen LogP contribution in [0.15, 0.2) is 12.3 Å². The van der Waals surface area contributed by atoms with E-state index in [1.54, 1.807) is 12.3 Å². The number of carbonyl (C=O) groups excluding carboxylic acids is 2. The van der Waals surface area contributed by atoms with Gasteiger partial charge in [-0.2, -0.15) is 0 Å². The maximum absolute atomic E-state index is 13.0. The first-order chi connectivity index (χ1) is 11.5. The van der Waals surface area contributed by atoms with Gasteiger partial charge in [-0.3, -0.25) is 25.6 Å². The lowest BCUT2D eigenvalue weighted by atomic mass is 9.64. The second kappa shape index (κ2) is 7.57. The highest BCUT2D eigenvalue weighted by molar-refractivity contribution is 5.89. The molecule has 2 atom stereocenters. The first kappa shape index (κ1) is 18.1. The van der Waals surface area contributed by atoms with Crippen molar-refractivity contribution in [3.8, 4) is 0 Å². The SMILES string of the molecule is CCC(C)C(C(=O)NNc1nccc(C)n1)(C1CCC1)N(O)C=O. The minimum Gasteiger partial charge on any atom is -0.285 e. The van der Waals surface area contributed by atoms with Gasteiger partial charge in [0.05, 0.1) is 0 Å². The molecule has 0 saturated heterocycles. The molecule has 1 heterocycles. The number of amides is 2. The molecule has 1 aliphatic carbocycles. The van der Waals surface area contributed by atoms with Crippen molar-refractivity contribution in [1.82, 2.24) is 20.5 Å². The van der Waals surface area contributed by atoms with Crippen LogP contribution in [-0.4, -0.2) is 38.1 Å². The third-order valence-corrected chi connectivity index (χ3v) is 5.02. The summed E-state index contributed by atoms with van der Waals surface area (Å²) in [5.74, 6) is -0.493. The Balaban J connectivity index is 2.24. The van der Waals surface area contributed by atoms with Crippen LogP contribution in [-0.2, 0) is 9.59 Å². The van der Waals surface area contributed by atoms with Crippen molar-refractivity contribution in [3.63, 3.8) is 0 Å². The highest BCUT2D eigenvalue weighted by Crippen LogP contribution is 2.44. The third kappa shape index (κ3) is 3.19. The average Bonchev–Trinajstić information content (AvgIpc) is 2.54. The van der Waals surface area contributed by atoms with Gasteiger partial charge in [0.2, 0.25) is 12.4 Å². The zero-order valence-electron chi connectivity index (χ0n) is 14.3. The van der Waals surface area contributed by atoms with Crippen LogP contribution in [0.3, 0.4) is 0 Å². The number of rotatable bonds is 8. The van der Waals surface area contributed by atoms with Crippen molar-refractivity contribution in [2.45, 2.75) is 52.0 Å². The van der Waals surface area contributed by atoms with E-state index in [9.17, 15) is 14.8 Å². The Morgan fingerprint density at radius 2 is 2.29 bits per heavy atom. The first-order valence-corrected chi connectivity index (χ1v) is 8.26. The van der Waals surface area contributed by atoms with Crippen molar-refractivity contribution < 1.29 is 14.8 Å². The molecule has 8 nitrogen and oxygen atoms in total. The molecule has 1 aliphatic rings. The maximum atomic E-state index is 13.0. The molecule has 2 rings (SSSR count). The zero-order valence-corrected chi connectivity index (χ0v) is 14.3. The van der Waals surface area contributed by atoms with Gasteiger partial charge >= 0.3 is 0 Å². The summed E-state index contributed by atoms with van der Waals surface area (Å²) < 4.78 is 0. The van der Waals surface area contributed by atoms with Gasteiger partial charge in [0.15, 0.2) is 5.54 Å². The summed E-state index contributed by atoms with van der Waals surface area (Å²) in [6, 6.07) is 1.74. The topological polar surface area (TPSA) is 107 Å². The molecule has 1 fully saturated rings. The van der Waals surface area contributed by atoms with Crippen LogP contribution < -0.4 is 10.9 Å². The average molecular weight is 335 g/mol. The molecule has 1 saturated carbocycles. The van der Waals surface area contributed by atoms with Crippen molar-refractivity contribution >= 4 is 18.3 Å². The van der Waals surface area contributed by atoms with Crippen LogP contribution in [0.4, 0.5) is 5.95 Å². The quantitative estimate of drug-likeness (QED) is 0.379. The van der Waals surface area contributed by atoms with Gasteiger partial charge < -0.3 is 0 Å². The summed E-state index contributed by atoms with van der Waals surface area (Å²) in [5.41, 5.74) is 4.70. The molecule has 1 aromatic rings. The number of nitrogens with one attached hydrogen (secondary N) is 2. The summed E-state index contributed by atoms with van der Waals surface area (Å²) in [6.07, 6.45) is 5.11. The monoisotopic (exact) mass is 335 g/mol. The number of nitrogens with zero attached hydrogens (tertiary/aromatic N) is 3. The molecule has 2 amide bonds. The van der Waals surface area contributed by atoms with E-state index in [0.717, 1.165) is 25.0 Å². The molecule has 0 aliphatic heterocycles. The van der Waals surface area contributed by atoms with Gasteiger partial charge in [0.1, 0.15) is 0 Å². The molecule has 0 bridgehead atoms. The number of hydrogen-bond acceptors (Lipinski definition) is 6. The molecule has 1 aromatic heterocycles. The van der Waals surface area contributed by atoms with E-state index < -0.39 is 11.4 Å². The molecule has 2 unspecified atom stereocenters. The van der Waals surface area contributed by atoms with E-state index in [-0.39, 0.29) is 17.8 Å². The minimum absolute atomic E-state index is 0.0807. The highest BCUT2D eigenvalue weighted by Gasteiger charge is 2.55. The summed E-state index contributed by atoms with van der Waals surface area (Å²) in [6.45, 7) is 5.61. The summed E-state index contributed by atoms with van der Waals surface area (Å²) in [5, 5.41) is 10.8. The maximum Gasteiger partial charge on any atom is 0.267 e. The molecule has 132 valence electrons. The Hall–Kier alpha value is -2.22. The van der Waals surface area contributed by atoms with Crippen LogP contribution in [0.1, 0.15) is 45.2 Å². The van der Waals surface area contributed by atoms with Crippen LogP contribution in [0.25, 0.3) is 0 Å². The van der Waals surface area contributed by atoms with Crippen LogP contribution in [0.2, 0.25) is 0 Å². The van der Waals surface area contributed by atoms with Gasteiger partial charge in [0, 0.05) is 11.9 Å². The molecule has 8 heteroatoms. The zero-order chi connectivity index (χ0) is 17.7. The predicted octanol–water partition coefficient (Wildman–Crippen LogP) is 1.66. The lowest BCUT2D eigenvalue weighted by molar-refractivity contribution is -0.211. The smallest absolute Gasteiger partial charge is 0.267 e. The van der Waals surface area contributed by atoms with E-state index in [2.05, 4.69) is 20.8 Å². The van der Waals surface area contributed by atoms with Crippen molar-refractivity contribution in [3.05, 3.63) is 18.0 Å². The molecule has 0 radical (unpaired) electrons. The normalized spacial score (nSPS) is 18.0. The predicted molar refractivity (Wildman–Crippen MR) is 87.8 cm³/mol. The van der Waals surface area contributed by atoms with Gasteiger partial charge in [0.25, 0.3) is 5.91 Å². The molecule has 0 aromatic carbocycles. The van der Waals surface area contributed by atoms with Crippen LogP contribution in [0.5, 0.6) is 0 Å². The molecule has 3 N–H and O–H groups in total. The first-order valence-electron chi connectivity index (χ1n) is 8.26. The van der Waals surface area contributed by atoms with Crippen molar-refractivity contribution in [2.24, 2.45) is 11.8 Å². The molecular weight excluding hydrogens is 310 g/mol. The molecular formula is C16H25N5O3. The van der Waals surface area contributed by atoms with E-state index in [1.165, 1.54) is 0 Å². The fourth-order valence-electron chi connectivity index (χ4n) is 3.30. The number of hydrazine groups is 1. The number of aryl methyl sites for hydroxylation is 1. The minimum atomic E-state index is -1.30. The second-order valence-electron chi connectivity index (χ2n) is 6.31. The summed E-state index contributed by atoms with van der Waals surface area (Å²) >= 11 is 0. The fraction of sp³-hybridized carbons (Fsp3) is 0.625. The standard InChI is InChI=1S/C16H25N5O3/c1-4-11(2)16(21(24)10-22,13-6-5-7-13)14(23)19-20-15-17-9-8-12(3)18-15/h8-11,13,24H,4-7H2,1-3H3,(H,19,23)(H,17,18,20).